The molecule has 4 aromatic rings. The maximum atomic E-state index is 13.4. The SMILES string of the molecule is CC(=O)N1CCc2sc3ncn(CCN4CCN(c5c(C)ccc6ccccc56)CC4)c(=O)c3c2C1. The van der Waals surface area contributed by atoms with Crippen LogP contribution in [0.25, 0.3) is 21.0 Å². The van der Waals surface area contributed by atoms with Gasteiger partial charge >= 0.3 is 0 Å². The van der Waals surface area contributed by atoms with E-state index in [2.05, 4.69) is 58.1 Å². The van der Waals surface area contributed by atoms with Crippen LogP contribution in [0.2, 0.25) is 0 Å². The second kappa shape index (κ2) is 9.33. The third kappa shape index (κ3) is 4.08. The minimum absolute atomic E-state index is 0.0212. The minimum atomic E-state index is 0.0212. The van der Waals surface area contributed by atoms with E-state index in [0.29, 0.717) is 25.0 Å². The van der Waals surface area contributed by atoms with Gasteiger partial charge in [0.25, 0.3) is 5.56 Å². The Morgan fingerprint density at radius 1 is 1.03 bits per heavy atom. The molecule has 0 bridgehead atoms. The van der Waals surface area contributed by atoms with Gasteiger partial charge < -0.3 is 9.80 Å². The summed E-state index contributed by atoms with van der Waals surface area (Å²) in [5.41, 5.74) is 3.69. The number of piperazine rings is 1. The van der Waals surface area contributed by atoms with Gasteiger partial charge in [-0.3, -0.25) is 19.1 Å². The van der Waals surface area contributed by atoms with Crippen LogP contribution >= 0.6 is 11.3 Å². The Morgan fingerprint density at radius 2 is 1.83 bits per heavy atom. The van der Waals surface area contributed by atoms with E-state index in [0.717, 1.165) is 49.5 Å². The molecule has 36 heavy (non-hydrogen) atoms. The van der Waals surface area contributed by atoms with E-state index in [1.54, 1.807) is 29.2 Å². The van der Waals surface area contributed by atoms with Crippen LogP contribution in [0, 0.1) is 6.92 Å². The predicted molar refractivity (Wildman–Crippen MR) is 146 cm³/mol. The van der Waals surface area contributed by atoms with E-state index in [4.69, 9.17) is 0 Å². The third-order valence-electron chi connectivity index (χ3n) is 7.71. The number of thiophene rings is 1. The number of nitrogens with zero attached hydrogens (tertiary/aromatic N) is 5. The fourth-order valence-corrected chi connectivity index (χ4v) is 6.79. The van der Waals surface area contributed by atoms with Gasteiger partial charge in [0, 0.05) is 80.8 Å². The molecule has 0 N–H and O–H groups in total. The van der Waals surface area contributed by atoms with Crippen molar-refractivity contribution < 1.29 is 4.79 Å². The summed E-state index contributed by atoms with van der Waals surface area (Å²) in [5.74, 6) is 0.0575. The van der Waals surface area contributed by atoms with Crippen molar-refractivity contribution in [1.82, 2.24) is 19.4 Å². The van der Waals surface area contributed by atoms with Crippen LogP contribution in [0.5, 0.6) is 0 Å². The van der Waals surface area contributed by atoms with E-state index in [1.165, 1.54) is 26.9 Å². The number of aromatic nitrogens is 2. The van der Waals surface area contributed by atoms with Gasteiger partial charge in [-0.2, -0.15) is 0 Å². The fraction of sp³-hybridized carbons (Fsp3) is 0.393. The van der Waals surface area contributed by atoms with Gasteiger partial charge in [-0.15, -0.1) is 11.3 Å². The van der Waals surface area contributed by atoms with Crippen molar-refractivity contribution in [3.63, 3.8) is 0 Å². The van der Waals surface area contributed by atoms with Gasteiger partial charge in [0.05, 0.1) is 11.7 Å². The lowest BCUT2D eigenvalue weighted by Gasteiger charge is -2.37. The number of aryl methyl sites for hydroxylation is 1. The molecule has 0 saturated carbocycles. The molecule has 0 aliphatic carbocycles. The van der Waals surface area contributed by atoms with Gasteiger partial charge in [0.15, 0.2) is 0 Å². The number of carbonyl (C=O) groups is 1. The number of carbonyl (C=O) groups excluding carboxylic acids is 1. The summed E-state index contributed by atoms with van der Waals surface area (Å²) >= 11 is 1.60. The van der Waals surface area contributed by atoms with Crippen molar-refractivity contribution in [2.75, 3.05) is 44.2 Å². The molecule has 1 amide bonds. The standard InChI is InChI=1S/C28H31N5O2S/c1-19-7-8-21-5-3-4-6-22(21)26(19)31-14-11-30(12-15-31)13-16-33-18-29-27-25(28(33)35)23-17-32(20(2)34)10-9-24(23)36-27/h3-8,18H,9-17H2,1-2H3. The second-order valence-electron chi connectivity index (χ2n) is 9.90. The summed E-state index contributed by atoms with van der Waals surface area (Å²) in [6.45, 7) is 10.3. The summed E-state index contributed by atoms with van der Waals surface area (Å²) in [7, 11) is 0. The molecule has 186 valence electrons. The Morgan fingerprint density at radius 3 is 2.64 bits per heavy atom. The molecule has 7 nitrogen and oxygen atoms in total. The molecule has 6 rings (SSSR count). The number of fused-ring (bicyclic) bond motifs is 4. The second-order valence-corrected chi connectivity index (χ2v) is 11.0. The average Bonchev–Trinajstić information content (AvgIpc) is 3.27. The van der Waals surface area contributed by atoms with Crippen molar-refractivity contribution in [2.24, 2.45) is 0 Å². The van der Waals surface area contributed by atoms with Crippen molar-refractivity contribution in [3.05, 3.63) is 69.1 Å². The Hall–Kier alpha value is -3.23. The summed E-state index contributed by atoms with van der Waals surface area (Å²) in [6.07, 6.45) is 2.50. The molecule has 2 aliphatic heterocycles. The van der Waals surface area contributed by atoms with Gasteiger partial charge in [-0.1, -0.05) is 36.4 Å². The van der Waals surface area contributed by atoms with Crippen LogP contribution in [0.4, 0.5) is 5.69 Å². The fourth-order valence-electron chi connectivity index (χ4n) is 5.66. The predicted octanol–water partition coefficient (Wildman–Crippen LogP) is 3.65. The lowest BCUT2D eigenvalue weighted by atomic mass is 10.0. The highest BCUT2D eigenvalue weighted by atomic mass is 32.1. The molecule has 2 aromatic heterocycles. The molecular weight excluding hydrogens is 470 g/mol. The Bertz CT molecular complexity index is 1520. The maximum absolute atomic E-state index is 13.4. The summed E-state index contributed by atoms with van der Waals surface area (Å²) in [4.78, 5) is 38.7. The molecule has 0 spiro atoms. The van der Waals surface area contributed by atoms with Crippen LogP contribution in [0.15, 0.2) is 47.5 Å². The topological polar surface area (TPSA) is 61.7 Å². The number of amides is 1. The zero-order valence-corrected chi connectivity index (χ0v) is 21.7. The third-order valence-corrected chi connectivity index (χ3v) is 8.91. The van der Waals surface area contributed by atoms with E-state index in [-0.39, 0.29) is 11.5 Å². The molecule has 0 radical (unpaired) electrons. The summed E-state index contributed by atoms with van der Waals surface area (Å²) in [5, 5.41) is 3.31. The molecule has 2 aliphatic rings. The molecule has 1 saturated heterocycles. The first-order chi connectivity index (χ1) is 17.5. The number of rotatable bonds is 4. The van der Waals surface area contributed by atoms with E-state index in [1.807, 2.05) is 4.90 Å². The highest BCUT2D eigenvalue weighted by Crippen LogP contribution is 2.33. The van der Waals surface area contributed by atoms with Crippen molar-refractivity contribution in [2.45, 2.75) is 33.4 Å². The molecule has 4 heterocycles. The monoisotopic (exact) mass is 501 g/mol. The van der Waals surface area contributed by atoms with E-state index in [9.17, 15) is 9.59 Å². The van der Waals surface area contributed by atoms with E-state index >= 15 is 0 Å². The summed E-state index contributed by atoms with van der Waals surface area (Å²) in [6, 6.07) is 13.0. The first-order valence-electron chi connectivity index (χ1n) is 12.7. The lowest BCUT2D eigenvalue weighted by molar-refractivity contribution is -0.129. The molecular formula is C28H31N5O2S. The zero-order valence-electron chi connectivity index (χ0n) is 20.9. The Balaban J connectivity index is 1.15. The Labute approximate surface area is 214 Å². The average molecular weight is 502 g/mol. The largest absolute Gasteiger partial charge is 0.368 e. The lowest BCUT2D eigenvalue weighted by Crippen LogP contribution is -2.47. The quantitative estimate of drug-likeness (QED) is 0.427. The van der Waals surface area contributed by atoms with Crippen LogP contribution in [-0.4, -0.2) is 64.5 Å². The van der Waals surface area contributed by atoms with E-state index < -0.39 is 0 Å². The first-order valence-corrected chi connectivity index (χ1v) is 13.5. The molecule has 0 unspecified atom stereocenters. The van der Waals surface area contributed by atoms with Gasteiger partial charge in [-0.05, 0) is 24.3 Å². The highest BCUT2D eigenvalue weighted by molar-refractivity contribution is 7.18. The molecule has 1 fully saturated rings. The van der Waals surface area contributed by atoms with Crippen LogP contribution in [0.3, 0.4) is 0 Å². The minimum Gasteiger partial charge on any atom is -0.368 e. The van der Waals surface area contributed by atoms with Crippen molar-refractivity contribution in [3.8, 4) is 0 Å². The number of benzene rings is 2. The zero-order chi connectivity index (χ0) is 24.8. The van der Waals surface area contributed by atoms with Crippen LogP contribution < -0.4 is 10.5 Å². The Kier molecular flexibility index (Phi) is 6.01. The van der Waals surface area contributed by atoms with Gasteiger partial charge in [-0.25, -0.2) is 4.98 Å². The summed E-state index contributed by atoms with van der Waals surface area (Å²) < 4.78 is 1.75. The number of anilines is 1. The first kappa shape index (κ1) is 23.2. The number of hydrogen-bond donors (Lipinski definition) is 0. The van der Waals surface area contributed by atoms with Crippen LogP contribution in [0.1, 0.15) is 22.9 Å². The number of hydrogen-bond acceptors (Lipinski definition) is 6. The maximum Gasteiger partial charge on any atom is 0.262 e. The van der Waals surface area contributed by atoms with Crippen LogP contribution in [-0.2, 0) is 24.3 Å². The van der Waals surface area contributed by atoms with Crippen molar-refractivity contribution >= 4 is 43.9 Å². The van der Waals surface area contributed by atoms with Gasteiger partial charge in [0.1, 0.15) is 4.83 Å². The highest BCUT2D eigenvalue weighted by Gasteiger charge is 2.25. The van der Waals surface area contributed by atoms with Crippen molar-refractivity contribution in [1.29, 1.82) is 0 Å². The molecule has 2 aromatic carbocycles. The molecule has 0 atom stereocenters. The molecule has 8 heteroatoms. The van der Waals surface area contributed by atoms with Gasteiger partial charge in [0.2, 0.25) is 5.91 Å². The smallest absolute Gasteiger partial charge is 0.262 e. The normalized spacial score (nSPS) is 16.6.